The van der Waals surface area contributed by atoms with E-state index in [1.807, 2.05) is 0 Å². The Kier molecular flexibility index (Phi) is 5.99. The van der Waals surface area contributed by atoms with Crippen LogP contribution in [0.15, 0.2) is 72.4 Å². The fraction of sp³-hybridized carbons (Fsp3) is 0.160. The zero-order valence-corrected chi connectivity index (χ0v) is 18.3. The van der Waals surface area contributed by atoms with Crippen LogP contribution in [0.1, 0.15) is 17.2 Å². The quantitative estimate of drug-likeness (QED) is 0.350. The largest absolute Gasteiger partial charge is 0.507 e. The molecule has 2 aromatic carbocycles. The minimum atomic E-state index is -1.00. The lowest BCUT2D eigenvalue weighted by atomic mass is 9.94. The first-order valence-electron chi connectivity index (χ1n) is 10.1. The van der Waals surface area contributed by atoms with E-state index < -0.39 is 17.7 Å². The van der Waals surface area contributed by atoms with Crippen molar-refractivity contribution in [3.63, 3.8) is 0 Å². The van der Waals surface area contributed by atoms with Crippen molar-refractivity contribution >= 4 is 23.3 Å². The molecule has 0 unspecified atom stereocenters. The van der Waals surface area contributed by atoms with Crippen molar-refractivity contribution in [2.24, 2.45) is 0 Å². The van der Waals surface area contributed by atoms with Crippen LogP contribution >= 0.6 is 0 Å². The summed E-state index contributed by atoms with van der Waals surface area (Å²) in [5, 5.41) is 11.2. The molecule has 1 amide bonds. The number of ether oxygens (including phenoxy) is 3. The number of aromatic nitrogens is 1. The fourth-order valence-electron chi connectivity index (χ4n) is 3.91. The number of Topliss-reactive ketones (excluding diaryl/α,β-unsaturated/α-hetero) is 1. The van der Waals surface area contributed by atoms with Gasteiger partial charge in [-0.25, -0.2) is 4.98 Å². The lowest BCUT2D eigenvalue weighted by Crippen LogP contribution is -2.30. The molecule has 0 radical (unpaired) electrons. The summed E-state index contributed by atoms with van der Waals surface area (Å²) in [4.78, 5) is 32.0. The first kappa shape index (κ1) is 21.9. The minimum Gasteiger partial charge on any atom is -0.507 e. The SMILES string of the molecule is COc1cccc(C(O)=C2C(=O)C(=O)N(c3ccccn3)[C@H]2c2cccc(OC)c2OC)c1. The molecular weight excluding hydrogens is 424 g/mol. The van der Waals surface area contributed by atoms with Gasteiger partial charge in [0.2, 0.25) is 0 Å². The van der Waals surface area contributed by atoms with Crippen LogP contribution in [0.5, 0.6) is 17.2 Å². The number of aliphatic hydroxyl groups excluding tert-OH is 1. The van der Waals surface area contributed by atoms with Crippen LogP contribution in [0.3, 0.4) is 0 Å². The van der Waals surface area contributed by atoms with Crippen molar-refractivity contribution < 1.29 is 28.9 Å². The molecule has 0 aliphatic carbocycles. The zero-order chi connectivity index (χ0) is 23.5. The maximum Gasteiger partial charge on any atom is 0.301 e. The van der Waals surface area contributed by atoms with E-state index in [4.69, 9.17) is 14.2 Å². The summed E-state index contributed by atoms with van der Waals surface area (Å²) in [6.07, 6.45) is 1.52. The van der Waals surface area contributed by atoms with Crippen molar-refractivity contribution in [3.05, 3.63) is 83.6 Å². The second-order valence-corrected chi connectivity index (χ2v) is 7.17. The Bertz CT molecular complexity index is 1240. The highest BCUT2D eigenvalue weighted by Gasteiger charge is 2.48. The van der Waals surface area contributed by atoms with Crippen LogP contribution in [0.2, 0.25) is 0 Å². The Morgan fingerprint density at radius 3 is 2.39 bits per heavy atom. The molecule has 33 heavy (non-hydrogen) atoms. The van der Waals surface area contributed by atoms with Gasteiger partial charge in [-0.3, -0.25) is 14.5 Å². The van der Waals surface area contributed by atoms with Gasteiger partial charge in [-0.15, -0.1) is 0 Å². The highest BCUT2D eigenvalue weighted by molar-refractivity contribution is 6.51. The van der Waals surface area contributed by atoms with Gasteiger partial charge >= 0.3 is 5.91 Å². The molecule has 3 aromatic rings. The third-order valence-electron chi connectivity index (χ3n) is 5.41. The molecule has 1 aliphatic rings. The summed E-state index contributed by atoms with van der Waals surface area (Å²) in [7, 11) is 4.46. The van der Waals surface area contributed by atoms with E-state index in [0.29, 0.717) is 28.4 Å². The number of carbonyl (C=O) groups excluding carboxylic acids is 2. The standard InChI is InChI=1S/C25H22N2O6/c1-31-16-9-6-8-15(14-16)22(28)20-21(17-10-7-11-18(32-2)24(17)33-3)27(25(30)23(20)29)19-12-4-5-13-26-19/h4-14,21,28H,1-3H3/t21-/m0/s1. The number of nitrogens with zero attached hydrogens (tertiary/aromatic N) is 2. The molecule has 168 valence electrons. The molecule has 0 spiro atoms. The van der Waals surface area contributed by atoms with Gasteiger partial charge in [-0.2, -0.15) is 0 Å². The second-order valence-electron chi connectivity index (χ2n) is 7.17. The maximum atomic E-state index is 13.3. The molecule has 8 heteroatoms. The van der Waals surface area contributed by atoms with E-state index in [1.165, 1.54) is 32.4 Å². The third kappa shape index (κ3) is 3.76. The Labute approximate surface area is 190 Å². The van der Waals surface area contributed by atoms with Crippen molar-refractivity contribution in [3.8, 4) is 17.2 Å². The number of rotatable bonds is 6. The number of ketones is 1. The monoisotopic (exact) mass is 446 g/mol. The maximum absolute atomic E-state index is 13.3. The first-order valence-corrected chi connectivity index (χ1v) is 10.1. The summed E-state index contributed by atoms with van der Waals surface area (Å²) in [6.45, 7) is 0. The molecule has 1 atom stereocenters. The molecule has 2 heterocycles. The van der Waals surface area contributed by atoms with E-state index in [0.717, 1.165) is 0 Å². The molecule has 1 N–H and O–H groups in total. The molecule has 1 saturated heterocycles. The summed E-state index contributed by atoms with van der Waals surface area (Å²) in [5.74, 6) is -0.468. The van der Waals surface area contributed by atoms with E-state index in [-0.39, 0.29) is 17.2 Å². The van der Waals surface area contributed by atoms with Gasteiger partial charge in [0.15, 0.2) is 11.5 Å². The van der Waals surface area contributed by atoms with Gasteiger partial charge in [-0.05, 0) is 30.3 Å². The van der Waals surface area contributed by atoms with E-state index >= 15 is 0 Å². The lowest BCUT2D eigenvalue weighted by Gasteiger charge is -2.26. The summed E-state index contributed by atoms with van der Waals surface area (Å²) in [5.41, 5.74) is 0.705. The molecular formula is C25H22N2O6. The number of carbonyl (C=O) groups is 2. The van der Waals surface area contributed by atoms with Crippen LogP contribution in [0, 0.1) is 0 Å². The Hall–Kier alpha value is -4.33. The molecule has 1 aromatic heterocycles. The van der Waals surface area contributed by atoms with Gasteiger partial charge in [-0.1, -0.05) is 30.3 Å². The Balaban J connectivity index is 2.01. The van der Waals surface area contributed by atoms with Gasteiger partial charge in [0.25, 0.3) is 5.78 Å². The molecule has 1 fully saturated rings. The van der Waals surface area contributed by atoms with Gasteiger partial charge in [0.1, 0.15) is 23.4 Å². The zero-order valence-electron chi connectivity index (χ0n) is 18.3. The topological polar surface area (TPSA) is 98.2 Å². The lowest BCUT2D eigenvalue weighted by molar-refractivity contribution is -0.132. The molecule has 0 saturated carbocycles. The highest BCUT2D eigenvalue weighted by atomic mass is 16.5. The van der Waals surface area contributed by atoms with Crippen molar-refractivity contribution in [2.75, 3.05) is 26.2 Å². The van der Waals surface area contributed by atoms with E-state index in [9.17, 15) is 14.7 Å². The summed E-state index contributed by atoms with van der Waals surface area (Å²) < 4.78 is 16.2. The smallest absolute Gasteiger partial charge is 0.301 e. The Morgan fingerprint density at radius 1 is 0.939 bits per heavy atom. The number of para-hydroxylation sites is 1. The van der Waals surface area contributed by atoms with Crippen LogP contribution in [-0.2, 0) is 9.59 Å². The number of aliphatic hydroxyl groups is 1. The number of hydrogen-bond donors (Lipinski definition) is 1. The predicted molar refractivity (Wildman–Crippen MR) is 122 cm³/mol. The third-order valence-corrected chi connectivity index (χ3v) is 5.41. The van der Waals surface area contributed by atoms with Crippen LogP contribution in [0.25, 0.3) is 5.76 Å². The summed E-state index contributed by atoms with van der Waals surface area (Å²) >= 11 is 0. The number of amides is 1. The average Bonchev–Trinajstić information content (AvgIpc) is 3.13. The van der Waals surface area contributed by atoms with Crippen LogP contribution < -0.4 is 19.1 Å². The Morgan fingerprint density at radius 2 is 1.73 bits per heavy atom. The van der Waals surface area contributed by atoms with Gasteiger partial charge in [0, 0.05) is 17.3 Å². The first-order chi connectivity index (χ1) is 16.0. The minimum absolute atomic E-state index is 0.0922. The number of pyridine rings is 1. The molecule has 4 rings (SSSR count). The van der Waals surface area contributed by atoms with Gasteiger partial charge in [0.05, 0.1) is 26.9 Å². The number of methoxy groups -OCH3 is 3. The molecule has 1 aliphatic heterocycles. The molecule has 8 nitrogen and oxygen atoms in total. The molecule has 0 bridgehead atoms. The second kappa shape index (κ2) is 9.04. The highest BCUT2D eigenvalue weighted by Crippen LogP contribution is 2.46. The van der Waals surface area contributed by atoms with Crippen molar-refractivity contribution in [1.82, 2.24) is 4.98 Å². The number of anilines is 1. The van der Waals surface area contributed by atoms with Crippen LogP contribution in [0.4, 0.5) is 5.82 Å². The fourth-order valence-corrected chi connectivity index (χ4v) is 3.91. The normalized spacial score (nSPS) is 17.2. The number of hydrogen-bond acceptors (Lipinski definition) is 7. The van der Waals surface area contributed by atoms with Crippen molar-refractivity contribution in [1.29, 1.82) is 0 Å². The van der Waals surface area contributed by atoms with Crippen molar-refractivity contribution in [2.45, 2.75) is 6.04 Å². The van der Waals surface area contributed by atoms with E-state index in [1.54, 1.807) is 60.7 Å². The van der Waals surface area contributed by atoms with Gasteiger partial charge < -0.3 is 19.3 Å². The number of benzene rings is 2. The predicted octanol–water partition coefficient (Wildman–Crippen LogP) is 3.73. The van der Waals surface area contributed by atoms with E-state index in [2.05, 4.69) is 4.98 Å². The average molecular weight is 446 g/mol. The van der Waals surface area contributed by atoms with Crippen LogP contribution in [-0.4, -0.2) is 43.1 Å². The summed E-state index contributed by atoms with van der Waals surface area (Å²) in [6, 6.07) is 15.8.